The van der Waals surface area contributed by atoms with Crippen LogP contribution in [0, 0.1) is 10.1 Å². The van der Waals surface area contributed by atoms with Crippen molar-refractivity contribution in [2.45, 2.75) is 19.2 Å². The molecular formula is C10H7F5N2O5. The van der Waals surface area contributed by atoms with Gasteiger partial charge in [-0.05, 0) is 0 Å². The summed E-state index contributed by atoms with van der Waals surface area (Å²) in [7, 11) is 0.934. The van der Waals surface area contributed by atoms with Crippen LogP contribution in [0.5, 0.6) is 5.75 Å². The first-order chi connectivity index (χ1) is 10.0. The Bertz CT molecular complexity index is 590. The van der Waals surface area contributed by atoms with Gasteiger partial charge in [0.15, 0.2) is 5.75 Å². The molecule has 7 nitrogen and oxygen atoms in total. The lowest BCUT2D eigenvalue weighted by atomic mass is 10.2. The van der Waals surface area contributed by atoms with Crippen LogP contribution in [-0.4, -0.2) is 29.3 Å². The second kappa shape index (κ2) is 6.49. The van der Waals surface area contributed by atoms with E-state index in [1.54, 1.807) is 0 Å². The second-order valence-corrected chi connectivity index (χ2v) is 3.70. The lowest BCUT2D eigenvalue weighted by Gasteiger charge is -2.13. The first-order valence-electron chi connectivity index (χ1n) is 5.34. The number of alkyl halides is 5. The zero-order chi connectivity index (χ0) is 17.1. The van der Waals surface area contributed by atoms with E-state index in [4.69, 9.17) is 0 Å². The van der Waals surface area contributed by atoms with Gasteiger partial charge in [0, 0.05) is 0 Å². The molecule has 0 aliphatic heterocycles. The summed E-state index contributed by atoms with van der Waals surface area (Å²) in [5, 5.41) is 10.8. The van der Waals surface area contributed by atoms with Gasteiger partial charge >= 0.3 is 12.3 Å². The Morgan fingerprint density at radius 3 is 2.45 bits per heavy atom. The number of carbonyl (C=O) groups is 1. The number of halogens is 5. The molecule has 122 valence electrons. The third-order valence-electron chi connectivity index (χ3n) is 2.24. The molecule has 12 heteroatoms. The Balaban J connectivity index is 3.43. The van der Waals surface area contributed by atoms with E-state index >= 15 is 0 Å². The minimum atomic E-state index is -5.34. The highest BCUT2D eigenvalue weighted by Gasteiger charge is 2.36. The number of rotatable bonds is 5. The molecule has 22 heavy (non-hydrogen) atoms. The van der Waals surface area contributed by atoms with Crippen molar-refractivity contribution < 1.29 is 41.1 Å². The van der Waals surface area contributed by atoms with Crippen LogP contribution in [0.4, 0.5) is 27.6 Å². The van der Waals surface area contributed by atoms with Crippen molar-refractivity contribution in [3.05, 3.63) is 27.6 Å². The normalized spacial score (nSPS) is 11.4. The highest BCUT2D eigenvalue weighted by atomic mass is 19.4. The van der Waals surface area contributed by atoms with Crippen molar-refractivity contribution in [2.75, 3.05) is 7.11 Å². The molecule has 0 spiro atoms. The van der Waals surface area contributed by atoms with Gasteiger partial charge in [-0.2, -0.15) is 0 Å². The quantitative estimate of drug-likeness (QED) is 0.357. The standard InChI is InChI=1S/C10H7F5N2O5/c1-21-7(18)2-4-5(17(19)20)3-6(22-10(13,14)15)8(16-4)9(11)12/h3,9H,2H2,1H3. The Kier molecular flexibility index (Phi) is 5.17. The summed E-state index contributed by atoms with van der Waals surface area (Å²) < 4.78 is 69.4. The van der Waals surface area contributed by atoms with Crippen LogP contribution >= 0.6 is 0 Å². The largest absolute Gasteiger partial charge is 0.573 e. The Hall–Kier alpha value is -2.53. The minimum absolute atomic E-state index is 0.139. The van der Waals surface area contributed by atoms with Crippen LogP contribution in [0.25, 0.3) is 0 Å². The number of nitrogens with zero attached hydrogens (tertiary/aromatic N) is 2. The smallest absolute Gasteiger partial charge is 0.469 e. The summed E-state index contributed by atoms with van der Waals surface area (Å²) in [4.78, 5) is 23.7. The first kappa shape index (κ1) is 17.5. The van der Waals surface area contributed by atoms with Gasteiger partial charge in [0.1, 0.15) is 11.4 Å². The van der Waals surface area contributed by atoms with Crippen molar-refractivity contribution in [1.29, 1.82) is 0 Å². The van der Waals surface area contributed by atoms with Crippen molar-refractivity contribution in [1.82, 2.24) is 4.98 Å². The summed E-state index contributed by atoms with van der Waals surface area (Å²) in [5.41, 5.74) is -3.31. The summed E-state index contributed by atoms with van der Waals surface area (Å²) in [6.45, 7) is 0. The van der Waals surface area contributed by atoms with Crippen LogP contribution < -0.4 is 4.74 Å². The van der Waals surface area contributed by atoms with E-state index in [2.05, 4.69) is 14.5 Å². The topological polar surface area (TPSA) is 91.6 Å². The predicted octanol–water partition coefficient (Wildman–Crippen LogP) is 2.54. The van der Waals surface area contributed by atoms with E-state index in [1.807, 2.05) is 0 Å². The third kappa shape index (κ3) is 4.49. The number of methoxy groups -OCH3 is 1. The van der Waals surface area contributed by atoms with Gasteiger partial charge in [-0.25, -0.2) is 13.8 Å². The van der Waals surface area contributed by atoms with Gasteiger partial charge in [-0.15, -0.1) is 13.2 Å². The Morgan fingerprint density at radius 2 is 2.05 bits per heavy atom. The number of hydrogen-bond acceptors (Lipinski definition) is 6. The van der Waals surface area contributed by atoms with Crippen molar-refractivity contribution in [3.63, 3.8) is 0 Å². The zero-order valence-corrected chi connectivity index (χ0v) is 10.7. The molecule has 1 aromatic rings. The van der Waals surface area contributed by atoms with Gasteiger partial charge in [0.2, 0.25) is 0 Å². The Morgan fingerprint density at radius 1 is 1.45 bits per heavy atom. The molecule has 0 N–H and O–H groups in total. The van der Waals surface area contributed by atoms with Crippen LogP contribution in [0.1, 0.15) is 17.8 Å². The molecule has 0 aromatic carbocycles. The van der Waals surface area contributed by atoms with E-state index in [9.17, 15) is 36.9 Å². The minimum Gasteiger partial charge on any atom is -0.469 e. The molecule has 0 radical (unpaired) electrons. The van der Waals surface area contributed by atoms with E-state index in [1.165, 1.54) is 0 Å². The van der Waals surface area contributed by atoms with Crippen molar-refractivity contribution in [2.24, 2.45) is 0 Å². The predicted molar refractivity (Wildman–Crippen MR) is 58.3 cm³/mol. The van der Waals surface area contributed by atoms with Crippen LogP contribution in [-0.2, 0) is 16.0 Å². The van der Waals surface area contributed by atoms with Crippen molar-refractivity contribution in [3.8, 4) is 5.75 Å². The van der Waals surface area contributed by atoms with Crippen LogP contribution in [0.2, 0.25) is 0 Å². The highest BCUT2D eigenvalue weighted by Crippen LogP contribution is 2.35. The number of carbonyl (C=O) groups excluding carboxylic acids is 1. The Labute approximate surface area is 118 Å². The first-order valence-corrected chi connectivity index (χ1v) is 5.34. The number of hydrogen-bond donors (Lipinski definition) is 0. The number of aromatic nitrogens is 1. The average Bonchev–Trinajstić information content (AvgIpc) is 2.37. The van der Waals surface area contributed by atoms with Gasteiger partial charge in [-0.1, -0.05) is 0 Å². The number of nitro groups is 1. The molecule has 0 aliphatic carbocycles. The van der Waals surface area contributed by atoms with Crippen LogP contribution in [0.15, 0.2) is 6.07 Å². The van der Waals surface area contributed by atoms with Gasteiger partial charge < -0.3 is 9.47 Å². The summed E-state index contributed by atoms with van der Waals surface area (Å²) in [6, 6.07) is 0.139. The lowest BCUT2D eigenvalue weighted by Crippen LogP contribution is -2.20. The fraction of sp³-hybridized carbons (Fsp3) is 0.400. The van der Waals surface area contributed by atoms with Gasteiger partial charge in [0.25, 0.3) is 12.1 Å². The van der Waals surface area contributed by atoms with E-state index < -0.39 is 52.9 Å². The van der Waals surface area contributed by atoms with Gasteiger partial charge in [-0.3, -0.25) is 14.9 Å². The molecule has 1 rings (SSSR count). The number of pyridine rings is 1. The monoisotopic (exact) mass is 330 g/mol. The maximum atomic E-state index is 12.7. The zero-order valence-electron chi connectivity index (χ0n) is 10.7. The molecule has 0 bridgehead atoms. The lowest BCUT2D eigenvalue weighted by molar-refractivity contribution is -0.386. The van der Waals surface area contributed by atoms with E-state index in [-0.39, 0.29) is 6.07 Å². The van der Waals surface area contributed by atoms with Crippen molar-refractivity contribution >= 4 is 11.7 Å². The van der Waals surface area contributed by atoms with E-state index in [0.29, 0.717) is 0 Å². The molecule has 0 unspecified atom stereocenters. The molecule has 0 aliphatic rings. The molecule has 0 saturated heterocycles. The fourth-order valence-electron chi connectivity index (χ4n) is 1.40. The third-order valence-corrected chi connectivity index (χ3v) is 2.24. The summed E-state index contributed by atoms with van der Waals surface area (Å²) in [5.74, 6) is -2.55. The summed E-state index contributed by atoms with van der Waals surface area (Å²) in [6.07, 6.45) is -9.71. The highest BCUT2D eigenvalue weighted by molar-refractivity contribution is 5.73. The second-order valence-electron chi connectivity index (χ2n) is 3.70. The SMILES string of the molecule is COC(=O)Cc1nc(C(F)F)c(OC(F)(F)F)cc1[N+](=O)[O-]. The van der Waals surface area contributed by atoms with Gasteiger partial charge in [0.05, 0.1) is 24.5 Å². The molecule has 0 saturated carbocycles. The van der Waals surface area contributed by atoms with Crippen LogP contribution in [0.3, 0.4) is 0 Å². The number of esters is 1. The maximum Gasteiger partial charge on any atom is 0.573 e. The maximum absolute atomic E-state index is 12.7. The molecule has 0 atom stereocenters. The fourth-order valence-corrected chi connectivity index (χ4v) is 1.40. The molecular weight excluding hydrogens is 323 g/mol. The molecule has 1 aromatic heterocycles. The van der Waals surface area contributed by atoms with E-state index in [0.717, 1.165) is 7.11 Å². The molecule has 1 heterocycles. The molecule has 0 fully saturated rings. The summed E-state index contributed by atoms with van der Waals surface area (Å²) >= 11 is 0. The molecule has 0 amide bonds. The number of ether oxygens (including phenoxy) is 2. The average molecular weight is 330 g/mol.